The molecule has 0 radical (unpaired) electrons. The van der Waals surface area contributed by atoms with Gasteiger partial charge in [0, 0.05) is 31.2 Å². The van der Waals surface area contributed by atoms with E-state index in [2.05, 4.69) is 73.8 Å². The third-order valence-corrected chi connectivity index (χ3v) is 21.5. The van der Waals surface area contributed by atoms with E-state index in [4.69, 9.17) is 13.7 Å². The van der Waals surface area contributed by atoms with Gasteiger partial charge in [-0.1, -0.05) is 71.9 Å². The molecule has 6 fully saturated rings. The first-order valence-electron chi connectivity index (χ1n) is 17.7. The second-order valence-electron chi connectivity index (χ2n) is 18.5. The van der Waals surface area contributed by atoms with Crippen molar-refractivity contribution in [2.45, 2.75) is 116 Å². The van der Waals surface area contributed by atoms with Crippen molar-refractivity contribution in [3.8, 4) is 0 Å². The van der Waals surface area contributed by atoms with Crippen molar-refractivity contribution in [1.29, 1.82) is 0 Å². The van der Waals surface area contributed by atoms with E-state index in [0.29, 0.717) is 11.2 Å². The van der Waals surface area contributed by atoms with Gasteiger partial charge < -0.3 is 25.8 Å². The Kier molecular flexibility index (Phi) is 14.7. The van der Waals surface area contributed by atoms with Crippen LogP contribution in [0.4, 0.5) is 0 Å². The minimum atomic E-state index is -1.67. The zero-order valence-corrected chi connectivity index (χ0v) is 38.0. The summed E-state index contributed by atoms with van der Waals surface area (Å²) in [6, 6.07) is 22.3. The van der Waals surface area contributed by atoms with Crippen LogP contribution < -0.4 is 17.0 Å². The summed E-state index contributed by atoms with van der Waals surface area (Å²) in [5.74, 6) is 0.483. The molecule has 0 atom stereocenters. The maximum absolute atomic E-state index is 12.7. The van der Waals surface area contributed by atoms with E-state index in [1.54, 1.807) is 14.2 Å². The molecule has 50 heavy (non-hydrogen) atoms. The molecular formula is C40H62BrMgNO5Si2. The van der Waals surface area contributed by atoms with Crippen LogP contribution in [0.1, 0.15) is 90.4 Å². The Balaban J connectivity index is 0.000000288. The molecule has 0 N–H and O–H groups in total. The molecule has 0 unspecified atom stereocenters. The Morgan fingerprint density at radius 2 is 1.10 bits per heavy atom. The number of carbonyl (C=O) groups is 2. The summed E-state index contributed by atoms with van der Waals surface area (Å²) in [7, 11) is -0.108. The van der Waals surface area contributed by atoms with Gasteiger partial charge in [-0.25, -0.2) is 5.06 Å². The fourth-order valence-corrected chi connectivity index (χ4v) is 9.72. The number of Topliss-reactive ketones (excluding diaryl/α,β-unsaturated/α-hetero) is 1. The summed E-state index contributed by atoms with van der Waals surface area (Å²) in [5, 5.41) is 1.88. The van der Waals surface area contributed by atoms with E-state index in [0.717, 1.165) is 57.3 Å². The van der Waals surface area contributed by atoms with E-state index in [1.807, 2.05) is 60.7 Å². The molecule has 8 rings (SSSR count). The molecule has 6 saturated carbocycles. The molecule has 2 aromatic carbocycles. The van der Waals surface area contributed by atoms with Crippen LogP contribution in [-0.4, -0.2) is 83.8 Å². The number of carbonyl (C=O) groups excluding carboxylic acids is 2. The summed E-state index contributed by atoms with van der Waals surface area (Å²) in [6.45, 7) is 24.5. The third kappa shape index (κ3) is 9.43. The summed E-state index contributed by atoms with van der Waals surface area (Å²) in [4.78, 5) is 29.9. The molecule has 4 bridgehead atoms. The first-order chi connectivity index (χ1) is 22.1. The minimum Gasteiger partial charge on any atom is -1.00 e. The largest absolute Gasteiger partial charge is 2.00 e. The minimum absolute atomic E-state index is 0. The number of benzene rings is 2. The summed E-state index contributed by atoms with van der Waals surface area (Å²) in [5.41, 5.74) is 1.26. The maximum Gasteiger partial charge on any atom is 2.00 e. The van der Waals surface area contributed by atoms with Crippen molar-refractivity contribution < 1.29 is 40.3 Å². The number of nitrogens with zero attached hydrogens (tertiary/aromatic N) is 1. The van der Waals surface area contributed by atoms with Crippen LogP contribution >= 0.6 is 0 Å². The average molecular weight is 797 g/mol. The normalized spacial score (nSPS) is 27.3. The SMILES string of the molecule is CC(C)(C)[Si](C)(C)OCC12CC(C(=O)c3ccccc3)(C1)C2.CON(C)C(=O)C12CC(CO[Si](C)(C)C(C)(C)C)(C1)C2.[Br-].[Mg+2].[c-]1ccccc1. The van der Waals surface area contributed by atoms with E-state index >= 15 is 0 Å². The van der Waals surface area contributed by atoms with E-state index in [9.17, 15) is 9.59 Å². The molecule has 274 valence electrons. The monoisotopic (exact) mass is 795 g/mol. The standard InChI is InChI=1S/C19H28O2Si.C15H29NO3Si.C6H5.BrH.Mg/c1-17(2,3)22(4,5)21-14-18-11-19(12-18,13-18)16(20)15-9-7-6-8-10-15;1-13(2,3)20(6,7)19-11-14-8-15(9-14,10-14)12(17)16(4)18-5;1-2-4-6-5-3-1;;/h6-10H,11-14H2,1-5H3;8-11H2,1-7H3;1-5H;1H;/q;;-1;;+2/p-1. The number of amides is 1. The number of hydroxylamine groups is 2. The van der Waals surface area contributed by atoms with Crippen molar-refractivity contribution in [3.05, 3.63) is 72.3 Å². The fraction of sp³-hybridized carbons (Fsp3) is 0.650. The molecule has 0 aliphatic heterocycles. The van der Waals surface area contributed by atoms with Crippen molar-refractivity contribution in [2.24, 2.45) is 21.7 Å². The summed E-state index contributed by atoms with van der Waals surface area (Å²) < 4.78 is 12.7. The van der Waals surface area contributed by atoms with Gasteiger partial charge in [0.25, 0.3) is 5.91 Å². The zero-order chi connectivity index (χ0) is 35.9. The van der Waals surface area contributed by atoms with Gasteiger partial charge in [0.15, 0.2) is 22.4 Å². The van der Waals surface area contributed by atoms with E-state index in [-0.39, 0.29) is 72.3 Å². The van der Waals surface area contributed by atoms with Gasteiger partial charge in [-0.15, -0.1) is 0 Å². The predicted octanol–water partition coefficient (Wildman–Crippen LogP) is 6.37. The molecule has 10 heteroatoms. The molecular weight excluding hydrogens is 735 g/mol. The second kappa shape index (κ2) is 16.2. The van der Waals surface area contributed by atoms with Crippen LogP contribution in [0, 0.1) is 27.7 Å². The van der Waals surface area contributed by atoms with Crippen LogP contribution in [0.15, 0.2) is 60.7 Å². The van der Waals surface area contributed by atoms with Crippen LogP contribution in [0.3, 0.4) is 0 Å². The van der Waals surface area contributed by atoms with Crippen LogP contribution in [0.5, 0.6) is 0 Å². The van der Waals surface area contributed by atoms with Crippen molar-refractivity contribution in [2.75, 3.05) is 27.4 Å². The number of rotatable bonds is 10. The number of halogens is 1. The smallest absolute Gasteiger partial charge is 1.00 e. The van der Waals surface area contributed by atoms with E-state index in [1.165, 1.54) is 5.06 Å². The maximum atomic E-state index is 12.7. The second-order valence-corrected chi connectivity index (χ2v) is 28.1. The van der Waals surface area contributed by atoms with Gasteiger partial charge >= 0.3 is 23.1 Å². The Morgan fingerprint density at radius 1 is 0.720 bits per heavy atom. The number of ketones is 1. The first kappa shape index (κ1) is 45.3. The van der Waals surface area contributed by atoms with E-state index < -0.39 is 16.6 Å². The Hall–Kier alpha value is -0.860. The predicted molar refractivity (Wildman–Crippen MR) is 205 cm³/mol. The number of hydrogen-bond donors (Lipinski definition) is 0. The molecule has 0 spiro atoms. The number of hydrogen-bond acceptors (Lipinski definition) is 5. The molecule has 6 aliphatic rings. The van der Waals surface area contributed by atoms with Crippen molar-refractivity contribution in [3.63, 3.8) is 0 Å². The average Bonchev–Trinajstić information content (AvgIpc) is 2.94. The molecule has 1 amide bonds. The Bertz CT molecular complexity index is 1360. The molecule has 0 aromatic heterocycles. The topological polar surface area (TPSA) is 65.1 Å². The zero-order valence-electron chi connectivity index (χ0n) is 33.0. The summed E-state index contributed by atoms with van der Waals surface area (Å²) in [6.07, 6.45) is 6.01. The van der Waals surface area contributed by atoms with Crippen molar-refractivity contribution >= 4 is 51.4 Å². The third-order valence-electron chi connectivity index (χ3n) is 12.5. The molecule has 6 aliphatic carbocycles. The van der Waals surface area contributed by atoms with Gasteiger partial charge in [-0.3, -0.25) is 14.4 Å². The van der Waals surface area contributed by atoms with Crippen LogP contribution in [0.2, 0.25) is 36.3 Å². The summed E-state index contributed by atoms with van der Waals surface area (Å²) >= 11 is 0. The molecule has 0 heterocycles. The molecule has 0 saturated heterocycles. The van der Waals surface area contributed by atoms with Crippen LogP contribution in [0.25, 0.3) is 0 Å². The quantitative estimate of drug-likeness (QED) is 0.121. The van der Waals surface area contributed by atoms with Crippen molar-refractivity contribution in [1.82, 2.24) is 5.06 Å². The van der Waals surface area contributed by atoms with Crippen LogP contribution in [-0.2, 0) is 18.5 Å². The van der Waals surface area contributed by atoms with Gasteiger partial charge in [0.1, 0.15) is 0 Å². The first-order valence-corrected chi connectivity index (χ1v) is 23.5. The molecule has 6 nitrogen and oxygen atoms in total. The van der Waals surface area contributed by atoms with Gasteiger partial charge in [0.05, 0.1) is 12.5 Å². The van der Waals surface area contributed by atoms with Gasteiger partial charge in [-0.2, -0.15) is 36.4 Å². The van der Waals surface area contributed by atoms with Gasteiger partial charge in [-0.05, 0) is 85.6 Å². The molecule has 2 aromatic rings. The van der Waals surface area contributed by atoms with Gasteiger partial charge in [0.2, 0.25) is 0 Å². The fourth-order valence-electron chi connectivity index (χ4n) is 7.52. The Labute approximate surface area is 332 Å². The Morgan fingerprint density at radius 3 is 1.42 bits per heavy atom.